The van der Waals surface area contributed by atoms with Crippen LogP contribution in [0.15, 0.2) is 24.4 Å². The summed E-state index contributed by atoms with van der Waals surface area (Å²) >= 11 is 0. The van der Waals surface area contributed by atoms with Gasteiger partial charge in [-0.05, 0) is 62.9 Å². The van der Waals surface area contributed by atoms with Crippen molar-refractivity contribution in [3.8, 4) is 5.75 Å². The number of ether oxygens (including phenoxy) is 1. The molecule has 8 heteroatoms. The van der Waals surface area contributed by atoms with E-state index in [2.05, 4.69) is 35.2 Å². The lowest BCUT2D eigenvalue weighted by atomic mass is 10.1. The molecule has 152 valence electrons. The van der Waals surface area contributed by atoms with Crippen LogP contribution < -0.4 is 20.7 Å². The second-order valence-electron chi connectivity index (χ2n) is 7.52. The number of aldehydes is 1. The van der Waals surface area contributed by atoms with Gasteiger partial charge < -0.3 is 15.4 Å². The van der Waals surface area contributed by atoms with E-state index in [1.54, 1.807) is 10.7 Å². The predicted molar refractivity (Wildman–Crippen MR) is 113 cm³/mol. The molecule has 0 aliphatic heterocycles. The normalized spacial score (nSPS) is 13.6. The van der Waals surface area contributed by atoms with Crippen LogP contribution in [0.2, 0.25) is 0 Å². The summed E-state index contributed by atoms with van der Waals surface area (Å²) in [5.74, 6) is 2.34. The van der Waals surface area contributed by atoms with Gasteiger partial charge in [0.25, 0.3) is 0 Å². The third-order valence-corrected chi connectivity index (χ3v) is 5.37. The molecule has 0 saturated heterocycles. The number of aryl methyl sites for hydroxylation is 1. The highest BCUT2D eigenvalue weighted by molar-refractivity contribution is 5.91. The Morgan fingerprint density at radius 2 is 2.14 bits per heavy atom. The van der Waals surface area contributed by atoms with Gasteiger partial charge in [-0.15, -0.1) is 5.10 Å². The van der Waals surface area contributed by atoms with E-state index < -0.39 is 0 Å². The number of benzene rings is 1. The third kappa shape index (κ3) is 3.63. The molecule has 0 atom stereocenters. The standard InChI is InChI=1S/C21H26N6O2/c1-13-4-7-17(29-12-23-3)19(14(13)2)26(10-15-5-6-15)18-8-9-27-21(24-18)16(11-28)20(22)25-27/h4,7-9,11,15,23H,5-6,10,12H2,1-3H3,(H2,22,25). The Morgan fingerprint density at radius 3 is 2.83 bits per heavy atom. The van der Waals surface area contributed by atoms with Crippen molar-refractivity contribution < 1.29 is 9.53 Å². The number of nitrogens with zero attached hydrogens (tertiary/aromatic N) is 4. The first-order valence-corrected chi connectivity index (χ1v) is 9.78. The Hall–Kier alpha value is -3.13. The van der Waals surface area contributed by atoms with E-state index in [9.17, 15) is 4.79 Å². The molecular formula is C21H26N6O2. The van der Waals surface area contributed by atoms with Gasteiger partial charge in [-0.3, -0.25) is 10.1 Å². The maximum absolute atomic E-state index is 11.5. The molecule has 0 unspecified atom stereocenters. The number of nitrogens with two attached hydrogens (primary N) is 1. The zero-order valence-electron chi connectivity index (χ0n) is 17.0. The Balaban J connectivity index is 1.86. The molecule has 1 aromatic carbocycles. The minimum absolute atomic E-state index is 0.183. The molecule has 29 heavy (non-hydrogen) atoms. The second-order valence-corrected chi connectivity index (χ2v) is 7.52. The number of hydrogen-bond acceptors (Lipinski definition) is 7. The molecule has 0 spiro atoms. The molecule has 4 rings (SSSR count). The first-order valence-electron chi connectivity index (χ1n) is 9.78. The van der Waals surface area contributed by atoms with Gasteiger partial charge in [0.1, 0.15) is 23.9 Å². The van der Waals surface area contributed by atoms with Gasteiger partial charge in [0.05, 0.1) is 5.69 Å². The molecule has 1 aliphatic carbocycles. The summed E-state index contributed by atoms with van der Waals surface area (Å²) in [6.45, 7) is 5.44. The fourth-order valence-electron chi connectivity index (χ4n) is 3.45. The lowest BCUT2D eigenvalue weighted by Crippen LogP contribution is -2.24. The first-order chi connectivity index (χ1) is 14.0. The van der Waals surface area contributed by atoms with E-state index in [4.69, 9.17) is 15.5 Å². The topological polar surface area (TPSA) is 97.8 Å². The van der Waals surface area contributed by atoms with Crippen molar-refractivity contribution in [2.75, 3.05) is 31.0 Å². The lowest BCUT2D eigenvalue weighted by Gasteiger charge is -2.28. The molecule has 0 radical (unpaired) electrons. The van der Waals surface area contributed by atoms with Crippen LogP contribution in [0.1, 0.15) is 34.3 Å². The highest BCUT2D eigenvalue weighted by Crippen LogP contribution is 2.41. The van der Waals surface area contributed by atoms with E-state index in [1.807, 2.05) is 19.2 Å². The number of fused-ring (bicyclic) bond motifs is 1. The van der Waals surface area contributed by atoms with Crippen molar-refractivity contribution >= 4 is 29.3 Å². The minimum Gasteiger partial charge on any atom is -0.476 e. The second kappa shape index (κ2) is 7.71. The Kier molecular flexibility index (Phi) is 5.10. The summed E-state index contributed by atoms with van der Waals surface area (Å²) < 4.78 is 7.53. The van der Waals surface area contributed by atoms with Crippen LogP contribution in [0.5, 0.6) is 5.75 Å². The van der Waals surface area contributed by atoms with Gasteiger partial charge in [0.15, 0.2) is 17.8 Å². The summed E-state index contributed by atoms with van der Waals surface area (Å²) in [6, 6.07) is 5.97. The van der Waals surface area contributed by atoms with Crippen molar-refractivity contribution in [3.05, 3.63) is 41.1 Å². The van der Waals surface area contributed by atoms with Crippen molar-refractivity contribution in [2.24, 2.45) is 5.92 Å². The van der Waals surface area contributed by atoms with E-state index >= 15 is 0 Å². The highest BCUT2D eigenvalue weighted by Gasteiger charge is 2.29. The molecule has 1 aliphatic rings. The maximum Gasteiger partial charge on any atom is 0.170 e. The Morgan fingerprint density at radius 1 is 1.34 bits per heavy atom. The molecule has 3 aromatic rings. The van der Waals surface area contributed by atoms with Gasteiger partial charge >= 0.3 is 0 Å². The SMILES string of the molecule is CNCOc1ccc(C)c(C)c1N(CC1CC1)c1ccn2nc(N)c(C=O)c2n1. The molecular weight excluding hydrogens is 368 g/mol. The number of nitrogen functional groups attached to an aromatic ring is 1. The monoisotopic (exact) mass is 394 g/mol. The molecule has 2 aromatic heterocycles. The van der Waals surface area contributed by atoms with Crippen molar-refractivity contribution in [2.45, 2.75) is 26.7 Å². The molecule has 1 saturated carbocycles. The predicted octanol–water partition coefficient (Wildman–Crippen LogP) is 2.84. The van der Waals surface area contributed by atoms with Gasteiger partial charge in [-0.25, -0.2) is 9.50 Å². The van der Waals surface area contributed by atoms with E-state index in [-0.39, 0.29) is 5.82 Å². The highest BCUT2D eigenvalue weighted by atomic mass is 16.5. The van der Waals surface area contributed by atoms with E-state index in [1.165, 1.54) is 18.4 Å². The smallest absolute Gasteiger partial charge is 0.170 e. The van der Waals surface area contributed by atoms with Crippen molar-refractivity contribution in [3.63, 3.8) is 0 Å². The van der Waals surface area contributed by atoms with Crippen molar-refractivity contribution in [1.29, 1.82) is 0 Å². The number of rotatable bonds is 8. The largest absolute Gasteiger partial charge is 0.476 e. The maximum atomic E-state index is 11.5. The number of aromatic nitrogens is 3. The average molecular weight is 394 g/mol. The number of carbonyl (C=O) groups excluding carboxylic acids is 1. The number of nitrogens with one attached hydrogen (secondary N) is 1. The van der Waals surface area contributed by atoms with Crippen LogP contribution >= 0.6 is 0 Å². The molecule has 8 nitrogen and oxygen atoms in total. The van der Waals surface area contributed by atoms with Gasteiger partial charge in [-0.1, -0.05) is 6.07 Å². The zero-order chi connectivity index (χ0) is 20.5. The van der Waals surface area contributed by atoms with Gasteiger partial charge in [-0.2, -0.15) is 0 Å². The van der Waals surface area contributed by atoms with E-state index in [0.29, 0.717) is 30.1 Å². The fourth-order valence-corrected chi connectivity index (χ4v) is 3.45. The Labute approximate surface area is 169 Å². The van der Waals surface area contributed by atoms with E-state index in [0.717, 1.165) is 29.4 Å². The first kappa shape index (κ1) is 19.2. The summed E-state index contributed by atoms with van der Waals surface area (Å²) in [7, 11) is 1.85. The van der Waals surface area contributed by atoms with Crippen LogP contribution in [0, 0.1) is 19.8 Å². The lowest BCUT2D eigenvalue weighted by molar-refractivity contribution is 0.112. The summed E-state index contributed by atoms with van der Waals surface area (Å²) in [6.07, 6.45) is 4.91. The van der Waals surface area contributed by atoms with Crippen LogP contribution in [-0.2, 0) is 0 Å². The summed E-state index contributed by atoms with van der Waals surface area (Å²) in [5.41, 5.74) is 9.97. The van der Waals surface area contributed by atoms with Crippen LogP contribution in [0.4, 0.5) is 17.3 Å². The van der Waals surface area contributed by atoms with Crippen molar-refractivity contribution in [1.82, 2.24) is 19.9 Å². The zero-order valence-corrected chi connectivity index (χ0v) is 17.0. The fraction of sp³-hybridized carbons (Fsp3) is 0.381. The number of anilines is 3. The minimum atomic E-state index is 0.183. The summed E-state index contributed by atoms with van der Waals surface area (Å²) in [5, 5.41) is 7.20. The molecule has 3 N–H and O–H groups in total. The van der Waals surface area contributed by atoms with Gasteiger partial charge in [0.2, 0.25) is 0 Å². The third-order valence-electron chi connectivity index (χ3n) is 5.37. The number of carbonyl (C=O) groups is 1. The quantitative estimate of drug-likeness (QED) is 0.448. The van der Waals surface area contributed by atoms with Crippen LogP contribution in [0.25, 0.3) is 5.65 Å². The molecule has 2 heterocycles. The van der Waals surface area contributed by atoms with Crippen LogP contribution in [0.3, 0.4) is 0 Å². The molecule has 0 amide bonds. The van der Waals surface area contributed by atoms with Crippen LogP contribution in [-0.4, -0.2) is 41.2 Å². The Bertz CT molecular complexity index is 1060. The van der Waals surface area contributed by atoms with Gasteiger partial charge in [0, 0.05) is 12.7 Å². The summed E-state index contributed by atoms with van der Waals surface area (Å²) in [4.78, 5) is 18.5. The number of hydrogen-bond donors (Lipinski definition) is 2. The molecule has 0 bridgehead atoms. The average Bonchev–Trinajstić information content (AvgIpc) is 3.47. The molecule has 1 fully saturated rings.